The molecule has 2 atom stereocenters. The molecule has 0 amide bonds. The smallest absolute Gasteiger partial charge is 0.0667 e. The minimum absolute atomic E-state index is 0.0967. The molecule has 2 N–H and O–H groups in total. The van der Waals surface area contributed by atoms with Crippen LogP contribution in [0.5, 0.6) is 0 Å². The second kappa shape index (κ2) is 9.00. The summed E-state index contributed by atoms with van der Waals surface area (Å²) < 4.78 is 0. The largest absolute Gasteiger partial charge is 0.293 e. The Hall–Kier alpha value is -1.64. The van der Waals surface area contributed by atoms with Gasteiger partial charge in [-0.3, -0.25) is 10.6 Å². The molecule has 0 aliphatic heterocycles. The topological polar surface area (TPSA) is 24.1 Å². The first-order valence-corrected chi connectivity index (χ1v) is 9.19. The second-order valence-corrected chi connectivity index (χ2v) is 6.99. The van der Waals surface area contributed by atoms with Gasteiger partial charge in [-0.2, -0.15) is 0 Å². The molecule has 0 aromatic heterocycles. The Morgan fingerprint density at radius 2 is 1.21 bits per heavy atom. The fourth-order valence-electron chi connectivity index (χ4n) is 3.32. The van der Waals surface area contributed by atoms with Gasteiger partial charge in [0.05, 0.1) is 5.66 Å². The molecule has 0 radical (unpaired) electrons. The highest BCUT2D eigenvalue weighted by Gasteiger charge is 2.27. The van der Waals surface area contributed by atoms with E-state index in [1.54, 1.807) is 0 Å². The second-order valence-electron chi connectivity index (χ2n) is 6.99. The fraction of sp³-hybridized carbons (Fsp3) is 0.455. The van der Waals surface area contributed by atoms with Crippen molar-refractivity contribution < 1.29 is 0 Å². The molecule has 0 spiro atoms. The third kappa shape index (κ3) is 5.47. The number of hydrogen-bond donors (Lipinski definition) is 2. The van der Waals surface area contributed by atoms with Crippen molar-refractivity contribution in [2.24, 2.45) is 0 Å². The number of unbranched alkanes of at least 4 members (excludes halogenated alkanes) is 1. The molecule has 0 aliphatic rings. The first kappa shape index (κ1) is 18.7. The van der Waals surface area contributed by atoms with Crippen molar-refractivity contribution in [3.8, 4) is 0 Å². The van der Waals surface area contributed by atoms with Gasteiger partial charge in [0, 0.05) is 12.1 Å². The summed E-state index contributed by atoms with van der Waals surface area (Å²) in [5.41, 5.74) is 2.56. The number of nitrogens with one attached hydrogen (secondary N) is 2. The van der Waals surface area contributed by atoms with Gasteiger partial charge >= 0.3 is 0 Å². The van der Waals surface area contributed by atoms with E-state index in [2.05, 4.69) is 99.0 Å². The summed E-state index contributed by atoms with van der Waals surface area (Å²) in [6.45, 7) is 9.03. The van der Waals surface area contributed by atoms with Crippen molar-refractivity contribution in [2.45, 2.75) is 64.7 Å². The van der Waals surface area contributed by atoms with Gasteiger partial charge in [0.25, 0.3) is 0 Å². The lowest BCUT2D eigenvalue weighted by Gasteiger charge is -2.38. The zero-order chi connectivity index (χ0) is 17.4. The van der Waals surface area contributed by atoms with Crippen LogP contribution < -0.4 is 10.6 Å². The lowest BCUT2D eigenvalue weighted by atomic mass is 9.98. The van der Waals surface area contributed by atoms with Crippen LogP contribution in [0.25, 0.3) is 0 Å². The van der Waals surface area contributed by atoms with Gasteiger partial charge in [0.1, 0.15) is 0 Å². The van der Waals surface area contributed by atoms with Crippen LogP contribution in [0.4, 0.5) is 0 Å². The van der Waals surface area contributed by atoms with Crippen LogP contribution in [-0.2, 0) is 0 Å². The minimum Gasteiger partial charge on any atom is -0.293 e. The molecule has 0 aliphatic carbocycles. The maximum Gasteiger partial charge on any atom is 0.0667 e. The van der Waals surface area contributed by atoms with E-state index in [9.17, 15) is 0 Å². The van der Waals surface area contributed by atoms with Crippen LogP contribution in [0, 0.1) is 0 Å². The van der Waals surface area contributed by atoms with E-state index >= 15 is 0 Å². The van der Waals surface area contributed by atoms with Crippen molar-refractivity contribution in [2.75, 3.05) is 0 Å². The summed E-state index contributed by atoms with van der Waals surface area (Å²) in [5.74, 6) is 0. The van der Waals surface area contributed by atoms with Gasteiger partial charge in [-0.05, 0) is 38.3 Å². The molecule has 0 unspecified atom stereocenters. The molecule has 24 heavy (non-hydrogen) atoms. The maximum atomic E-state index is 3.83. The lowest BCUT2D eigenvalue weighted by molar-refractivity contribution is 0.212. The van der Waals surface area contributed by atoms with E-state index in [-0.39, 0.29) is 5.66 Å². The molecule has 2 aromatic rings. The van der Waals surface area contributed by atoms with Crippen LogP contribution in [0.15, 0.2) is 60.7 Å². The van der Waals surface area contributed by atoms with Gasteiger partial charge < -0.3 is 0 Å². The van der Waals surface area contributed by atoms with Crippen LogP contribution in [0.3, 0.4) is 0 Å². The Balaban J connectivity index is 2.10. The highest BCUT2D eigenvalue weighted by molar-refractivity contribution is 5.20. The SMILES string of the molecule is CCCCC(C)(N[C@H](C)c1ccccc1)N[C@H](C)c1ccccc1. The standard InChI is InChI=1S/C22H32N2/c1-5-6-17-22(4,23-18(2)20-13-9-7-10-14-20)24-19(3)21-15-11-8-12-16-21/h7-16,18-19,23-24H,5-6,17H2,1-4H3/t18-,19-/m1/s1. The Labute approximate surface area is 147 Å². The van der Waals surface area contributed by atoms with Crippen LogP contribution in [-0.4, -0.2) is 5.66 Å². The highest BCUT2D eigenvalue weighted by atomic mass is 15.2. The predicted molar refractivity (Wildman–Crippen MR) is 104 cm³/mol. The number of benzene rings is 2. The molecule has 0 bridgehead atoms. The lowest BCUT2D eigenvalue weighted by Crippen LogP contribution is -2.55. The van der Waals surface area contributed by atoms with Gasteiger partial charge in [0.2, 0.25) is 0 Å². The monoisotopic (exact) mass is 324 g/mol. The van der Waals surface area contributed by atoms with E-state index in [0.29, 0.717) is 12.1 Å². The molecule has 130 valence electrons. The van der Waals surface area contributed by atoms with Gasteiger partial charge in [-0.1, -0.05) is 80.4 Å². The van der Waals surface area contributed by atoms with Gasteiger partial charge in [0.15, 0.2) is 0 Å². The molecule has 2 heteroatoms. The Morgan fingerprint density at radius 3 is 1.58 bits per heavy atom. The third-order valence-corrected chi connectivity index (χ3v) is 4.70. The van der Waals surface area contributed by atoms with Crippen LogP contribution >= 0.6 is 0 Å². The summed E-state index contributed by atoms with van der Waals surface area (Å²) >= 11 is 0. The van der Waals surface area contributed by atoms with E-state index in [1.807, 2.05) is 0 Å². The highest BCUT2D eigenvalue weighted by Crippen LogP contribution is 2.23. The molecule has 0 saturated heterocycles. The van der Waals surface area contributed by atoms with Crippen molar-refractivity contribution in [3.63, 3.8) is 0 Å². The number of rotatable bonds is 9. The molecular formula is C22H32N2. The van der Waals surface area contributed by atoms with Crippen molar-refractivity contribution in [1.29, 1.82) is 0 Å². The Kier molecular flexibility index (Phi) is 7.01. The molecule has 0 fully saturated rings. The summed E-state index contributed by atoms with van der Waals surface area (Å²) in [6, 6.07) is 22.0. The molecule has 2 rings (SSSR count). The minimum atomic E-state index is -0.0967. The normalized spacial score (nSPS) is 14.3. The summed E-state index contributed by atoms with van der Waals surface area (Å²) in [5, 5.41) is 7.67. The molecular weight excluding hydrogens is 292 g/mol. The molecule has 0 heterocycles. The van der Waals surface area contributed by atoms with E-state index in [0.717, 1.165) is 6.42 Å². The molecule has 2 aromatic carbocycles. The van der Waals surface area contributed by atoms with Crippen molar-refractivity contribution >= 4 is 0 Å². The quantitative estimate of drug-likeness (QED) is 0.587. The Bertz CT molecular complexity index is 532. The third-order valence-electron chi connectivity index (χ3n) is 4.70. The average Bonchev–Trinajstić information content (AvgIpc) is 2.61. The summed E-state index contributed by atoms with van der Waals surface area (Å²) in [6.07, 6.45) is 3.52. The van der Waals surface area contributed by atoms with Crippen molar-refractivity contribution in [3.05, 3.63) is 71.8 Å². The van der Waals surface area contributed by atoms with E-state index in [4.69, 9.17) is 0 Å². The fourth-order valence-corrected chi connectivity index (χ4v) is 3.32. The predicted octanol–water partition coefficient (Wildman–Crippen LogP) is 5.59. The van der Waals surface area contributed by atoms with E-state index < -0.39 is 0 Å². The first-order chi connectivity index (χ1) is 11.5. The zero-order valence-corrected chi connectivity index (χ0v) is 15.5. The summed E-state index contributed by atoms with van der Waals surface area (Å²) in [4.78, 5) is 0. The van der Waals surface area contributed by atoms with Gasteiger partial charge in [-0.25, -0.2) is 0 Å². The van der Waals surface area contributed by atoms with Crippen molar-refractivity contribution in [1.82, 2.24) is 10.6 Å². The number of hydrogen-bond acceptors (Lipinski definition) is 2. The average molecular weight is 325 g/mol. The van der Waals surface area contributed by atoms with Gasteiger partial charge in [-0.15, -0.1) is 0 Å². The van der Waals surface area contributed by atoms with Crippen LogP contribution in [0.1, 0.15) is 70.2 Å². The van der Waals surface area contributed by atoms with Crippen LogP contribution in [0.2, 0.25) is 0 Å². The van der Waals surface area contributed by atoms with E-state index in [1.165, 1.54) is 24.0 Å². The summed E-state index contributed by atoms with van der Waals surface area (Å²) in [7, 11) is 0. The molecule has 0 saturated carbocycles. The zero-order valence-electron chi connectivity index (χ0n) is 15.5. The molecule has 2 nitrogen and oxygen atoms in total. The maximum absolute atomic E-state index is 3.83. The first-order valence-electron chi connectivity index (χ1n) is 9.19. The Morgan fingerprint density at radius 1 is 0.792 bits per heavy atom.